The number of sulfone groups is 1. The number of hydrogen-bond acceptors (Lipinski definition) is 5. The Morgan fingerprint density at radius 2 is 1.94 bits per heavy atom. The summed E-state index contributed by atoms with van der Waals surface area (Å²) in [6.45, 7) is 3.29. The number of nitrogens with one attached hydrogen (secondary N) is 1. The number of hydrogen-bond donors (Lipinski definition) is 1. The lowest BCUT2D eigenvalue weighted by atomic mass is 9.73. The lowest BCUT2D eigenvalue weighted by Crippen LogP contribution is -2.53. The van der Waals surface area contributed by atoms with Gasteiger partial charge in [-0.1, -0.05) is 48.5 Å². The SMILES string of the molecule is C[C@@H]1NC[C@@H](c2ccccc2)S(=O)(=O)C1Cc1ccc(C2(/C=C/C#N)CCOCC2)cc1F. The van der Waals surface area contributed by atoms with Crippen LogP contribution in [-0.4, -0.2) is 39.5 Å². The predicted molar refractivity (Wildman–Crippen MR) is 126 cm³/mol. The minimum absolute atomic E-state index is 0.107. The van der Waals surface area contributed by atoms with Gasteiger partial charge in [-0.15, -0.1) is 0 Å². The smallest absolute Gasteiger partial charge is 0.163 e. The zero-order valence-corrected chi connectivity index (χ0v) is 19.5. The van der Waals surface area contributed by atoms with Gasteiger partial charge in [-0.25, -0.2) is 12.8 Å². The van der Waals surface area contributed by atoms with Crippen LogP contribution in [0.4, 0.5) is 4.39 Å². The van der Waals surface area contributed by atoms with Crippen molar-refractivity contribution in [1.29, 1.82) is 5.26 Å². The predicted octanol–water partition coefficient (Wildman–Crippen LogP) is 4.01. The van der Waals surface area contributed by atoms with E-state index in [4.69, 9.17) is 10.00 Å². The van der Waals surface area contributed by atoms with Crippen molar-refractivity contribution in [1.82, 2.24) is 5.32 Å². The van der Waals surface area contributed by atoms with E-state index in [9.17, 15) is 8.42 Å². The zero-order chi connectivity index (χ0) is 23.5. The largest absolute Gasteiger partial charge is 0.381 e. The summed E-state index contributed by atoms with van der Waals surface area (Å²) in [5, 5.41) is 10.9. The number of nitriles is 1. The Kier molecular flexibility index (Phi) is 6.99. The molecular weight excluding hydrogens is 439 g/mol. The van der Waals surface area contributed by atoms with Crippen LogP contribution in [0.3, 0.4) is 0 Å². The molecule has 2 fully saturated rings. The van der Waals surface area contributed by atoms with Crippen molar-refractivity contribution < 1.29 is 17.5 Å². The van der Waals surface area contributed by atoms with Gasteiger partial charge in [0.15, 0.2) is 9.84 Å². The molecule has 1 N–H and O–H groups in total. The fourth-order valence-corrected chi connectivity index (χ4v) is 7.39. The Balaban J connectivity index is 1.62. The molecule has 0 radical (unpaired) electrons. The molecule has 0 spiro atoms. The van der Waals surface area contributed by atoms with E-state index in [2.05, 4.69) is 5.32 Å². The third kappa shape index (κ3) is 4.74. The molecule has 0 aliphatic carbocycles. The summed E-state index contributed by atoms with van der Waals surface area (Å²) in [6, 6.07) is 16.0. The van der Waals surface area contributed by atoms with Crippen molar-refractivity contribution in [2.45, 2.75) is 48.1 Å². The van der Waals surface area contributed by atoms with E-state index in [0.717, 1.165) is 11.1 Å². The van der Waals surface area contributed by atoms with Gasteiger partial charge in [0, 0.05) is 37.3 Å². The number of ether oxygens (including phenoxy) is 1. The van der Waals surface area contributed by atoms with Gasteiger partial charge in [0.1, 0.15) is 5.82 Å². The van der Waals surface area contributed by atoms with Crippen LogP contribution >= 0.6 is 0 Å². The second-order valence-electron chi connectivity index (χ2n) is 8.96. The molecule has 1 unspecified atom stereocenters. The van der Waals surface area contributed by atoms with Crippen LogP contribution in [-0.2, 0) is 26.4 Å². The molecule has 4 rings (SSSR count). The number of allylic oxidation sites excluding steroid dienone is 2. The van der Waals surface area contributed by atoms with Gasteiger partial charge in [0.05, 0.1) is 16.6 Å². The van der Waals surface area contributed by atoms with Crippen molar-refractivity contribution in [3.8, 4) is 6.07 Å². The molecule has 2 aromatic rings. The van der Waals surface area contributed by atoms with Gasteiger partial charge >= 0.3 is 0 Å². The molecule has 0 aromatic heterocycles. The van der Waals surface area contributed by atoms with Gasteiger partial charge in [-0.3, -0.25) is 0 Å². The highest BCUT2D eigenvalue weighted by molar-refractivity contribution is 7.92. The number of halogens is 1. The van der Waals surface area contributed by atoms with Crippen molar-refractivity contribution in [2.75, 3.05) is 19.8 Å². The van der Waals surface area contributed by atoms with Crippen LogP contribution in [0.5, 0.6) is 0 Å². The first-order chi connectivity index (χ1) is 15.9. The topological polar surface area (TPSA) is 79.2 Å². The third-order valence-electron chi connectivity index (χ3n) is 7.08. The summed E-state index contributed by atoms with van der Waals surface area (Å²) in [5.41, 5.74) is 1.49. The average molecular weight is 469 g/mol. The molecule has 0 amide bonds. The highest BCUT2D eigenvalue weighted by atomic mass is 32.2. The molecule has 3 atom stereocenters. The van der Waals surface area contributed by atoms with Crippen LogP contribution in [0.25, 0.3) is 0 Å². The summed E-state index contributed by atoms with van der Waals surface area (Å²) < 4.78 is 47.8. The van der Waals surface area contributed by atoms with Crippen LogP contribution < -0.4 is 5.32 Å². The van der Waals surface area contributed by atoms with Crippen molar-refractivity contribution >= 4 is 9.84 Å². The molecule has 2 aliphatic heterocycles. The fraction of sp³-hybridized carbons (Fsp3) is 0.423. The molecule has 2 aromatic carbocycles. The summed E-state index contributed by atoms with van der Waals surface area (Å²) in [4.78, 5) is 0. The van der Waals surface area contributed by atoms with Crippen LogP contribution in [0.1, 0.15) is 41.7 Å². The fourth-order valence-electron chi connectivity index (χ4n) is 5.03. The normalized spacial score (nSPS) is 26.6. The number of benzene rings is 2. The monoisotopic (exact) mass is 468 g/mol. The van der Waals surface area contributed by atoms with E-state index in [1.165, 1.54) is 12.1 Å². The molecule has 5 nitrogen and oxygen atoms in total. The van der Waals surface area contributed by atoms with Crippen molar-refractivity contribution in [2.24, 2.45) is 0 Å². The maximum Gasteiger partial charge on any atom is 0.163 e. The van der Waals surface area contributed by atoms with E-state index in [1.54, 1.807) is 6.07 Å². The molecule has 7 heteroatoms. The average Bonchev–Trinajstić information content (AvgIpc) is 2.82. The quantitative estimate of drug-likeness (QED) is 0.671. The van der Waals surface area contributed by atoms with Crippen molar-refractivity contribution in [3.63, 3.8) is 0 Å². The molecular formula is C26H29FN2O3S. The van der Waals surface area contributed by atoms with E-state index < -0.39 is 31.6 Å². The highest BCUT2D eigenvalue weighted by Gasteiger charge is 2.42. The molecule has 33 heavy (non-hydrogen) atoms. The van der Waals surface area contributed by atoms with Gasteiger partial charge < -0.3 is 10.1 Å². The van der Waals surface area contributed by atoms with E-state index >= 15 is 4.39 Å². The molecule has 2 aliphatic rings. The molecule has 0 bridgehead atoms. The summed E-state index contributed by atoms with van der Waals surface area (Å²) >= 11 is 0. The summed E-state index contributed by atoms with van der Waals surface area (Å²) in [7, 11) is -3.53. The summed E-state index contributed by atoms with van der Waals surface area (Å²) in [5.74, 6) is -0.409. The first-order valence-corrected chi connectivity index (χ1v) is 12.9. The first-order valence-electron chi connectivity index (χ1n) is 11.3. The minimum atomic E-state index is -3.53. The Hall–Kier alpha value is -2.53. The third-order valence-corrected chi connectivity index (χ3v) is 9.73. The standard InChI is InChI=1S/C26H29FN2O3S/c1-19-24(33(30,31)25(18-29-19)20-6-3-2-4-7-20)16-21-8-9-22(17-23(21)27)26(10-5-13-28)11-14-32-15-12-26/h2-10,17,19,24-25,29H,11-12,14-16,18H2,1H3/b10-5+/t19-,24?,25-/m0/s1. The lowest BCUT2D eigenvalue weighted by Gasteiger charge is -2.36. The maximum absolute atomic E-state index is 15.3. The minimum Gasteiger partial charge on any atom is -0.381 e. The Morgan fingerprint density at radius 3 is 2.61 bits per heavy atom. The van der Waals surface area contributed by atoms with Crippen LogP contribution in [0.15, 0.2) is 60.7 Å². The Morgan fingerprint density at radius 1 is 1.21 bits per heavy atom. The molecule has 0 saturated carbocycles. The van der Waals surface area contributed by atoms with Gasteiger partial charge in [-0.2, -0.15) is 5.26 Å². The zero-order valence-electron chi connectivity index (χ0n) is 18.7. The Bertz CT molecular complexity index is 1150. The lowest BCUT2D eigenvalue weighted by molar-refractivity contribution is 0.0653. The van der Waals surface area contributed by atoms with Gasteiger partial charge in [0.2, 0.25) is 0 Å². The first kappa shape index (κ1) is 23.6. The second kappa shape index (κ2) is 9.76. The van der Waals surface area contributed by atoms with Gasteiger partial charge in [-0.05, 0) is 48.9 Å². The van der Waals surface area contributed by atoms with E-state index in [-0.39, 0.29) is 12.5 Å². The van der Waals surface area contributed by atoms with Gasteiger partial charge in [0.25, 0.3) is 0 Å². The number of rotatable bonds is 5. The summed E-state index contributed by atoms with van der Waals surface area (Å²) in [6.07, 6.45) is 4.73. The number of nitrogens with zero attached hydrogens (tertiary/aromatic N) is 1. The molecule has 174 valence electrons. The molecule has 2 heterocycles. The van der Waals surface area contributed by atoms with E-state index in [1.807, 2.05) is 55.5 Å². The maximum atomic E-state index is 15.3. The van der Waals surface area contributed by atoms with E-state index in [0.29, 0.717) is 38.2 Å². The highest BCUT2D eigenvalue weighted by Crippen LogP contribution is 2.38. The Labute approximate surface area is 195 Å². The van der Waals surface area contributed by atoms with Crippen LogP contribution in [0, 0.1) is 17.1 Å². The van der Waals surface area contributed by atoms with Crippen LogP contribution in [0.2, 0.25) is 0 Å². The molecule has 2 saturated heterocycles. The second-order valence-corrected chi connectivity index (χ2v) is 11.3. The van der Waals surface area contributed by atoms with Crippen molar-refractivity contribution in [3.05, 3.63) is 83.2 Å².